The van der Waals surface area contributed by atoms with Crippen molar-refractivity contribution < 1.29 is 4.79 Å². The van der Waals surface area contributed by atoms with Crippen LogP contribution in [0.5, 0.6) is 0 Å². The van der Waals surface area contributed by atoms with E-state index in [4.69, 9.17) is 11.6 Å². The molecule has 0 saturated carbocycles. The molecule has 116 valence electrons. The van der Waals surface area contributed by atoms with E-state index in [9.17, 15) is 4.79 Å². The first-order valence-electron chi connectivity index (χ1n) is 7.33. The molecule has 0 aliphatic carbocycles. The van der Waals surface area contributed by atoms with Crippen LogP contribution in [0.1, 0.15) is 27.7 Å². The number of aryl methyl sites for hydroxylation is 2. The summed E-state index contributed by atoms with van der Waals surface area (Å²) in [6.45, 7) is 4.06. The van der Waals surface area contributed by atoms with Crippen molar-refractivity contribution in [1.29, 1.82) is 0 Å². The molecule has 1 atom stereocenters. The van der Waals surface area contributed by atoms with Crippen LogP contribution in [0.4, 0.5) is 0 Å². The van der Waals surface area contributed by atoms with E-state index < -0.39 is 0 Å². The van der Waals surface area contributed by atoms with Crippen LogP contribution in [0, 0.1) is 6.92 Å². The maximum atomic E-state index is 12.9. The Balaban J connectivity index is 1.92. The lowest BCUT2D eigenvalue weighted by Crippen LogP contribution is -2.48. The molecule has 22 heavy (non-hydrogen) atoms. The standard InChI is InChI=1S/C16H19ClN4O/c1-11-14(10-20(2)19-11)16(22)21-7-6-18-9-15(21)12-4-3-5-13(17)8-12/h3-5,8,10,15,18H,6-7,9H2,1-2H3. The molecule has 1 aliphatic heterocycles. The second kappa shape index (κ2) is 6.10. The zero-order valence-electron chi connectivity index (χ0n) is 12.7. The molecule has 1 fully saturated rings. The topological polar surface area (TPSA) is 50.2 Å². The predicted octanol–water partition coefficient (Wildman–Crippen LogP) is 2.17. The lowest BCUT2D eigenvalue weighted by atomic mass is 10.0. The van der Waals surface area contributed by atoms with Gasteiger partial charge in [0, 0.05) is 37.9 Å². The van der Waals surface area contributed by atoms with Gasteiger partial charge in [-0.1, -0.05) is 23.7 Å². The summed E-state index contributed by atoms with van der Waals surface area (Å²) in [6, 6.07) is 7.69. The molecular weight excluding hydrogens is 300 g/mol. The van der Waals surface area contributed by atoms with Crippen molar-refractivity contribution in [3.8, 4) is 0 Å². The van der Waals surface area contributed by atoms with Crippen molar-refractivity contribution in [3.63, 3.8) is 0 Å². The molecule has 0 radical (unpaired) electrons. The third-order valence-electron chi connectivity index (χ3n) is 3.98. The molecule has 1 saturated heterocycles. The van der Waals surface area contributed by atoms with E-state index in [2.05, 4.69) is 10.4 Å². The molecule has 1 aromatic carbocycles. The minimum atomic E-state index is -0.0143. The Labute approximate surface area is 134 Å². The third-order valence-corrected chi connectivity index (χ3v) is 4.22. The summed E-state index contributed by atoms with van der Waals surface area (Å²) >= 11 is 6.10. The van der Waals surface area contributed by atoms with E-state index in [-0.39, 0.29) is 11.9 Å². The second-order valence-electron chi connectivity index (χ2n) is 5.58. The molecule has 5 nitrogen and oxygen atoms in total. The number of carbonyl (C=O) groups excluding carboxylic acids is 1. The summed E-state index contributed by atoms with van der Waals surface area (Å²) in [5, 5.41) is 8.31. The van der Waals surface area contributed by atoms with Gasteiger partial charge in [-0.15, -0.1) is 0 Å². The van der Waals surface area contributed by atoms with Crippen LogP contribution < -0.4 is 5.32 Å². The first-order chi connectivity index (χ1) is 10.6. The zero-order chi connectivity index (χ0) is 15.7. The minimum Gasteiger partial charge on any atom is -0.329 e. The van der Waals surface area contributed by atoms with Crippen LogP contribution in [-0.4, -0.2) is 40.2 Å². The number of nitrogens with zero attached hydrogens (tertiary/aromatic N) is 3. The molecule has 1 aromatic heterocycles. The van der Waals surface area contributed by atoms with Crippen LogP contribution in [-0.2, 0) is 7.05 Å². The summed E-state index contributed by atoms with van der Waals surface area (Å²) in [4.78, 5) is 14.8. The van der Waals surface area contributed by atoms with Gasteiger partial charge < -0.3 is 10.2 Å². The van der Waals surface area contributed by atoms with Gasteiger partial charge in [0.25, 0.3) is 5.91 Å². The van der Waals surface area contributed by atoms with Crippen molar-refractivity contribution in [2.45, 2.75) is 13.0 Å². The van der Waals surface area contributed by atoms with Gasteiger partial charge in [0.15, 0.2) is 0 Å². The van der Waals surface area contributed by atoms with Crippen LogP contribution in [0.15, 0.2) is 30.5 Å². The Morgan fingerprint density at radius 2 is 2.27 bits per heavy atom. The van der Waals surface area contributed by atoms with Gasteiger partial charge >= 0.3 is 0 Å². The van der Waals surface area contributed by atoms with E-state index in [0.29, 0.717) is 17.1 Å². The summed E-state index contributed by atoms with van der Waals surface area (Å²) in [5.41, 5.74) is 2.47. The van der Waals surface area contributed by atoms with Gasteiger partial charge in [-0.05, 0) is 24.6 Å². The van der Waals surface area contributed by atoms with Gasteiger partial charge in [0.2, 0.25) is 0 Å². The van der Waals surface area contributed by atoms with E-state index >= 15 is 0 Å². The highest BCUT2D eigenvalue weighted by molar-refractivity contribution is 6.30. The number of carbonyl (C=O) groups is 1. The van der Waals surface area contributed by atoms with Crippen molar-refractivity contribution >= 4 is 17.5 Å². The summed E-state index contributed by atoms with van der Waals surface area (Å²) in [6.07, 6.45) is 1.79. The smallest absolute Gasteiger partial charge is 0.257 e. The lowest BCUT2D eigenvalue weighted by Gasteiger charge is -2.36. The minimum absolute atomic E-state index is 0.0143. The average molecular weight is 319 g/mol. The number of aromatic nitrogens is 2. The van der Waals surface area contributed by atoms with E-state index in [1.54, 1.807) is 10.9 Å². The molecule has 0 bridgehead atoms. The zero-order valence-corrected chi connectivity index (χ0v) is 13.5. The molecule has 1 amide bonds. The highest BCUT2D eigenvalue weighted by atomic mass is 35.5. The Bertz CT molecular complexity index is 697. The Hall–Kier alpha value is -1.85. The van der Waals surface area contributed by atoms with Crippen LogP contribution >= 0.6 is 11.6 Å². The number of hydrogen-bond acceptors (Lipinski definition) is 3. The van der Waals surface area contributed by atoms with Gasteiger partial charge in [-0.25, -0.2) is 0 Å². The van der Waals surface area contributed by atoms with Crippen LogP contribution in [0.25, 0.3) is 0 Å². The van der Waals surface area contributed by atoms with Crippen molar-refractivity contribution in [1.82, 2.24) is 20.0 Å². The van der Waals surface area contributed by atoms with E-state index in [0.717, 1.165) is 24.3 Å². The highest BCUT2D eigenvalue weighted by Gasteiger charge is 2.30. The first kappa shape index (κ1) is 15.1. The number of amides is 1. The third kappa shape index (κ3) is 2.87. The SMILES string of the molecule is Cc1nn(C)cc1C(=O)N1CCNCC1c1cccc(Cl)c1. The largest absolute Gasteiger partial charge is 0.329 e. The summed E-state index contributed by atoms with van der Waals surface area (Å²) in [5.74, 6) is 0.0251. The molecule has 6 heteroatoms. The summed E-state index contributed by atoms with van der Waals surface area (Å²) in [7, 11) is 1.83. The molecule has 1 aliphatic rings. The fraction of sp³-hybridized carbons (Fsp3) is 0.375. The number of piperazine rings is 1. The Kier molecular flexibility index (Phi) is 4.18. The quantitative estimate of drug-likeness (QED) is 0.923. The molecule has 2 aromatic rings. The number of hydrogen-bond donors (Lipinski definition) is 1. The molecule has 1 N–H and O–H groups in total. The van der Waals surface area contributed by atoms with Crippen molar-refractivity contribution in [2.75, 3.05) is 19.6 Å². The van der Waals surface area contributed by atoms with Crippen LogP contribution in [0.3, 0.4) is 0 Å². The van der Waals surface area contributed by atoms with Crippen molar-refractivity contribution in [2.24, 2.45) is 7.05 Å². The van der Waals surface area contributed by atoms with Crippen LogP contribution in [0.2, 0.25) is 5.02 Å². The average Bonchev–Trinajstić information content (AvgIpc) is 2.85. The number of rotatable bonds is 2. The van der Waals surface area contributed by atoms with Gasteiger partial charge in [-0.2, -0.15) is 5.10 Å². The van der Waals surface area contributed by atoms with Crippen molar-refractivity contribution in [3.05, 3.63) is 52.3 Å². The normalized spacial score (nSPS) is 18.5. The number of nitrogens with one attached hydrogen (secondary N) is 1. The molecule has 3 rings (SSSR count). The number of halogens is 1. The fourth-order valence-electron chi connectivity index (χ4n) is 2.92. The molecule has 1 unspecified atom stereocenters. The Morgan fingerprint density at radius 3 is 2.95 bits per heavy atom. The van der Waals surface area contributed by atoms with Gasteiger partial charge in [0.05, 0.1) is 17.3 Å². The maximum Gasteiger partial charge on any atom is 0.257 e. The monoisotopic (exact) mass is 318 g/mol. The molecule has 0 spiro atoms. The van der Waals surface area contributed by atoms with Gasteiger partial charge in [-0.3, -0.25) is 9.48 Å². The van der Waals surface area contributed by atoms with E-state index in [1.165, 1.54) is 0 Å². The second-order valence-corrected chi connectivity index (χ2v) is 6.01. The number of benzene rings is 1. The maximum absolute atomic E-state index is 12.9. The lowest BCUT2D eigenvalue weighted by molar-refractivity contribution is 0.0633. The highest BCUT2D eigenvalue weighted by Crippen LogP contribution is 2.26. The molecule has 2 heterocycles. The van der Waals surface area contributed by atoms with E-state index in [1.807, 2.05) is 43.1 Å². The predicted molar refractivity (Wildman–Crippen MR) is 86.0 cm³/mol. The fourth-order valence-corrected chi connectivity index (χ4v) is 3.12. The van der Waals surface area contributed by atoms with Gasteiger partial charge in [0.1, 0.15) is 0 Å². The summed E-state index contributed by atoms with van der Waals surface area (Å²) < 4.78 is 1.68. The Morgan fingerprint density at radius 1 is 1.45 bits per heavy atom. The molecular formula is C16H19ClN4O. The first-order valence-corrected chi connectivity index (χ1v) is 7.71.